The summed E-state index contributed by atoms with van der Waals surface area (Å²) in [5, 5.41) is 3.36. The van der Waals surface area contributed by atoms with Crippen LogP contribution >= 0.6 is 0 Å². The molecule has 0 aliphatic carbocycles. The van der Waals surface area contributed by atoms with Gasteiger partial charge in [0.1, 0.15) is 5.82 Å². The van der Waals surface area contributed by atoms with Crippen molar-refractivity contribution in [1.29, 1.82) is 0 Å². The lowest BCUT2D eigenvalue weighted by molar-refractivity contribution is 0.174. The Hall–Kier alpha value is -1.19. The highest BCUT2D eigenvalue weighted by Gasteiger charge is 2.22. The summed E-state index contributed by atoms with van der Waals surface area (Å²) in [5.41, 5.74) is 2.25. The second-order valence-corrected chi connectivity index (χ2v) is 4.83. The van der Waals surface area contributed by atoms with Crippen LogP contribution in [0, 0.1) is 12.7 Å². The quantitative estimate of drug-likeness (QED) is 0.824. The highest BCUT2D eigenvalue weighted by atomic mass is 19.1. The molecule has 2 rings (SSSR count). The van der Waals surface area contributed by atoms with Crippen molar-refractivity contribution >= 4 is 0 Å². The normalized spacial score (nSPS) is 18.6. The SMILES string of the molecule is C=CC[C@@H](c1ccc(F)cc1C)N1CCNCC1. The van der Waals surface area contributed by atoms with Crippen molar-refractivity contribution in [3.63, 3.8) is 0 Å². The van der Waals surface area contributed by atoms with Crippen LogP contribution in [-0.2, 0) is 0 Å². The summed E-state index contributed by atoms with van der Waals surface area (Å²) in [6, 6.07) is 5.42. The van der Waals surface area contributed by atoms with Gasteiger partial charge in [-0.15, -0.1) is 6.58 Å². The maximum absolute atomic E-state index is 13.2. The van der Waals surface area contributed by atoms with Crippen LogP contribution in [0.25, 0.3) is 0 Å². The van der Waals surface area contributed by atoms with Crippen LogP contribution in [0.3, 0.4) is 0 Å². The summed E-state index contributed by atoms with van der Waals surface area (Å²) < 4.78 is 13.2. The van der Waals surface area contributed by atoms with E-state index in [-0.39, 0.29) is 5.82 Å². The first kappa shape index (κ1) is 13.2. The second-order valence-electron chi connectivity index (χ2n) is 4.83. The minimum absolute atomic E-state index is 0.158. The summed E-state index contributed by atoms with van der Waals surface area (Å²) in [6.07, 6.45) is 2.86. The molecule has 2 nitrogen and oxygen atoms in total. The van der Waals surface area contributed by atoms with Crippen LogP contribution in [0.15, 0.2) is 30.9 Å². The molecule has 0 bridgehead atoms. The van der Waals surface area contributed by atoms with Crippen LogP contribution in [-0.4, -0.2) is 31.1 Å². The molecule has 18 heavy (non-hydrogen) atoms. The van der Waals surface area contributed by atoms with Crippen molar-refractivity contribution in [3.05, 3.63) is 47.8 Å². The van der Waals surface area contributed by atoms with Gasteiger partial charge in [-0.05, 0) is 36.6 Å². The molecule has 1 saturated heterocycles. The maximum Gasteiger partial charge on any atom is 0.123 e. The van der Waals surface area contributed by atoms with Gasteiger partial charge in [-0.1, -0.05) is 12.1 Å². The van der Waals surface area contributed by atoms with Crippen LogP contribution in [0.2, 0.25) is 0 Å². The minimum atomic E-state index is -0.158. The topological polar surface area (TPSA) is 15.3 Å². The third-order valence-electron chi connectivity index (χ3n) is 3.57. The summed E-state index contributed by atoms with van der Waals surface area (Å²) in [7, 11) is 0. The van der Waals surface area contributed by atoms with E-state index in [1.165, 1.54) is 5.56 Å². The van der Waals surface area contributed by atoms with Gasteiger partial charge in [0.2, 0.25) is 0 Å². The van der Waals surface area contributed by atoms with E-state index in [0.29, 0.717) is 6.04 Å². The molecule has 0 amide bonds. The predicted octanol–water partition coefficient (Wildman–Crippen LogP) is 2.66. The zero-order chi connectivity index (χ0) is 13.0. The van der Waals surface area contributed by atoms with Gasteiger partial charge >= 0.3 is 0 Å². The number of piperazine rings is 1. The highest BCUT2D eigenvalue weighted by Crippen LogP contribution is 2.28. The number of hydrogen-bond donors (Lipinski definition) is 1. The van der Waals surface area contributed by atoms with E-state index in [9.17, 15) is 4.39 Å². The number of benzene rings is 1. The summed E-state index contributed by atoms with van der Waals surface area (Å²) in [6.45, 7) is 9.95. The summed E-state index contributed by atoms with van der Waals surface area (Å²) >= 11 is 0. The third-order valence-corrected chi connectivity index (χ3v) is 3.57. The lowest BCUT2D eigenvalue weighted by Gasteiger charge is -2.35. The van der Waals surface area contributed by atoms with Gasteiger partial charge in [-0.2, -0.15) is 0 Å². The molecular formula is C15H21FN2. The molecule has 0 radical (unpaired) electrons. The number of halogens is 1. The Kier molecular flexibility index (Phi) is 4.50. The van der Waals surface area contributed by atoms with E-state index in [0.717, 1.165) is 38.2 Å². The summed E-state index contributed by atoms with van der Waals surface area (Å²) in [5.74, 6) is -0.158. The molecule has 1 aromatic rings. The van der Waals surface area contributed by atoms with Crippen molar-refractivity contribution in [2.45, 2.75) is 19.4 Å². The van der Waals surface area contributed by atoms with E-state index in [4.69, 9.17) is 0 Å². The third kappa shape index (κ3) is 2.98. The van der Waals surface area contributed by atoms with Gasteiger partial charge in [0.15, 0.2) is 0 Å². The van der Waals surface area contributed by atoms with Gasteiger partial charge in [0.25, 0.3) is 0 Å². The van der Waals surface area contributed by atoms with Gasteiger partial charge in [-0.3, -0.25) is 4.90 Å². The van der Waals surface area contributed by atoms with E-state index >= 15 is 0 Å². The molecule has 1 atom stereocenters. The van der Waals surface area contributed by atoms with Crippen LogP contribution in [0.4, 0.5) is 4.39 Å². The largest absolute Gasteiger partial charge is 0.314 e. The smallest absolute Gasteiger partial charge is 0.123 e. The van der Waals surface area contributed by atoms with Crippen molar-refractivity contribution in [1.82, 2.24) is 10.2 Å². The Labute approximate surface area is 108 Å². The fourth-order valence-electron chi connectivity index (χ4n) is 2.64. The lowest BCUT2D eigenvalue weighted by Crippen LogP contribution is -2.45. The Balaban J connectivity index is 2.24. The van der Waals surface area contributed by atoms with Gasteiger partial charge in [0.05, 0.1) is 0 Å². The molecule has 0 unspecified atom stereocenters. The first-order valence-electron chi connectivity index (χ1n) is 6.54. The number of nitrogens with one attached hydrogen (secondary N) is 1. The molecule has 1 aliphatic heterocycles. The van der Waals surface area contributed by atoms with E-state index in [2.05, 4.69) is 16.8 Å². The molecule has 0 spiro atoms. The molecule has 98 valence electrons. The first-order chi connectivity index (χ1) is 8.72. The Morgan fingerprint density at radius 2 is 2.17 bits per heavy atom. The Morgan fingerprint density at radius 3 is 2.78 bits per heavy atom. The highest BCUT2D eigenvalue weighted by molar-refractivity contribution is 5.30. The average Bonchev–Trinajstić information content (AvgIpc) is 2.38. The second kappa shape index (κ2) is 6.12. The lowest BCUT2D eigenvalue weighted by atomic mass is 9.96. The molecule has 0 saturated carbocycles. The fourth-order valence-corrected chi connectivity index (χ4v) is 2.64. The Bertz CT molecular complexity index is 411. The van der Waals surface area contributed by atoms with E-state index in [1.54, 1.807) is 12.1 Å². The molecule has 3 heteroatoms. The average molecular weight is 248 g/mol. The van der Waals surface area contributed by atoms with E-state index < -0.39 is 0 Å². The molecule has 1 N–H and O–H groups in total. The van der Waals surface area contributed by atoms with Crippen LogP contribution < -0.4 is 5.32 Å². The van der Waals surface area contributed by atoms with Crippen molar-refractivity contribution < 1.29 is 4.39 Å². The molecule has 1 fully saturated rings. The molecular weight excluding hydrogens is 227 g/mol. The molecule has 1 aromatic carbocycles. The number of rotatable bonds is 4. The predicted molar refractivity (Wildman–Crippen MR) is 73.1 cm³/mol. The first-order valence-corrected chi connectivity index (χ1v) is 6.54. The number of nitrogens with zero attached hydrogens (tertiary/aromatic N) is 1. The Morgan fingerprint density at radius 1 is 1.44 bits per heavy atom. The zero-order valence-electron chi connectivity index (χ0n) is 11.0. The molecule has 1 aliphatic rings. The molecule has 0 aromatic heterocycles. The standard InChI is InChI=1S/C15H21FN2/c1-3-4-15(18-9-7-17-8-10-18)14-6-5-13(16)11-12(14)2/h3,5-6,11,15,17H,1,4,7-10H2,2H3/t15-/m0/s1. The van der Waals surface area contributed by atoms with Crippen LogP contribution in [0.1, 0.15) is 23.6 Å². The van der Waals surface area contributed by atoms with Crippen molar-refractivity contribution in [3.8, 4) is 0 Å². The van der Waals surface area contributed by atoms with E-state index in [1.807, 2.05) is 19.1 Å². The van der Waals surface area contributed by atoms with Crippen molar-refractivity contribution in [2.24, 2.45) is 0 Å². The maximum atomic E-state index is 13.2. The van der Waals surface area contributed by atoms with Gasteiger partial charge < -0.3 is 5.32 Å². The van der Waals surface area contributed by atoms with Gasteiger partial charge in [-0.25, -0.2) is 4.39 Å². The molecule has 1 heterocycles. The zero-order valence-corrected chi connectivity index (χ0v) is 11.0. The van der Waals surface area contributed by atoms with Gasteiger partial charge in [0, 0.05) is 32.2 Å². The number of aryl methyl sites for hydroxylation is 1. The van der Waals surface area contributed by atoms with Crippen LogP contribution in [0.5, 0.6) is 0 Å². The van der Waals surface area contributed by atoms with Crippen molar-refractivity contribution in [2.75, 3.05) is 26.2 Å². The monoisotopic (exact) mass is 248 g/mol. The minimum Gasteiger partial charge on any atom is -0.314 e. The summed E-state index contributed by atoms with van der Waals surface area (Å²) in [4.78, 5) is 2.46. The number of hydrogen-bond acceptors (Lipinski definition) is 2. The fraction of sp³-hybridized carbons (Fsp3) is 0.467.